The summed E-state index contributed by atoms with van der Waals surface area (Å²) in [6.07, 6.45) is 1.61. The van der Waals surface area contributed by atoms with E-state index in [1.807, 2.05) is 29.2 Å². The van der Waals surface area contributed by atoms with Crippen LogP contribution in [0.5, 0.6) is 5.75 Å². The van der Waals surface area contributed by atoms with E-state index in [1.54, 1.807) is 24.8 Å². The zero-order valence-electron chi connectivity index (χ0n) is 16.1. The minimum atomic E-state index is -0.184. The number of carbonyl (C=O) groups excluding carboxylic acids is 1. The number of anilines is 1. The first kappa shape index (κ1) is 18.9. The molecule has 0 bridgehead atoms. The number of amides is 1. The zero-order valence-corrected chi connectivity index (χ0v) is 16.9. The van der Waals surface area contributed by atoms with E-state index < -0.39 is 0 Å². The Bertz CT molecular complexity index is 937. The van der Waals surface area contributed by atoms with Crippen molar-refractivity contribution < 1.29 is 9.53 Å². The summed E-state index contributed by atoms with van der Waals surface area (Å²) in [6, 6.07) is 7.96. The van der Waals surface area contributed by atoms with E-state index in [0.29, 0.717) is 36.1 Å². The Morgan fingerprint density at radius 1 is 1.21 bits per heavy atom. The van der Waals surface area contributed by atoms with Crippen molar-refractivity contribution in [3.63, 3.8) is 0 Å². The van der Waals surface area contributed by atoms with Crippen LogP contribution in [0.2, 0.25) is 0 Å². The molecule has 0 saturated carbocycles. The van der Waals surface area contributed by atoms with E-state index in [1.165, 1.54) is 11.8 Å². The van der Waals surface area contributed by atoms with Crippen LogP contribution in [0.3, 0.4) is 0 Å². The molecule has 1 unspecified atom stereocenters. The van der Waals surface area contributed by atoms with Gasteiger partial charge in [0.05, 0.1) is 18.7 Å². The predicted octanol–water partition coefficient (Wildman–Crippen LogP) is 1.63. The van der Waals surface area contributed by atoms with E-state index >= 15 is 0 Å². The van der Waals surface area contributed by atoms with Crippen molar-refractivity contribution in [2.75, 3.05) is 43.9 Å². The quantitative estimate of drug-likeness (QED) is 0.730. The second-order valence-electron chi connectivity index (χ2n) is 7.13. The summed E-state index contributed by atoms with van der Waals surface area (Å²) < 4.78 is 7.11. The van der Waals surface area contributed by atoms with Crippen LogP contribution in [0.4, 0.5) is 5.69 Å². The first-order valence-electron chi connectivity index (χ1n) is 9.44. The highest BCUT2D eigenvalue weighted by molar-refractivity contribution is 7.99. The Labute approximate surface area is 168 Å². The van der Waals surface area contributed by atoms with Crippen LogP contribution in [0, 0.1) is 12.8 Å². The van der Waals surface area contributed by atoms with Gasteiger partial charge in [-0.1, -0.05) is 23.9 Å². The van der Waals surface area contributed by atoms with Gasteiger partial charge in [-0.2, -0.15) is 0 Å². The number of thioether (sulfide) groups is 1. The van der Waals surface area contributed by atoms with Crippen molar-refractivity contribution in [3.8, 4) is 5.75 Å². The lowest BCUT2D eigenvalue weighted by Gasteiger charge is -2.38. The minimum absolute atomic E-state index is 0.0454. The van der Waals surface area contributed by atoms with Gasteiger partial charge in [-0.3, -0.25) is 14.2 Å². The summed E-state index contributed by atoms with van der Waals surface area (Å²) in [4.78, 5) is 34.0. The predicted molar refractivity (Wildman–Crippen MR) is 109 cm³/mol. The highest BCUT2D eigenvalue weighted by Crippen LogP contribution is 2.30. The molecule has 1 amide bonds. The number of carbonyl (C=O) groups is 1. The van der Waals surface area contributed by atoms with Gasteiger partial charge in [0.2, 0.25) is 5.91 Å². The molecule has 0 N–H and O–H groups in total. The molecule has 1 atom stereocenters. The fourth-order valence-corrected chi connectivity index (χ4v) is 4.81. The van der Waals surface area contributed by atoms with E-state index in [-0.39, 0.29) is 17.4 Å². The third kappa shape index (κ3) is 3.48. The molecular weight excluding hydrogens is 376 g/mol. The first-order chi connectivity index (χ1) is 13.6. The smallest absolute Gasteiger partial charge is 0.257 e. The first-order valence-corrected chi connectivity index (χ1v) is 10.4. The number of para-hydroxylation sites is 2. The van der Waals surface area contributed by atoms with Crippen LogP contribution in [0.25, 0.3) is 0 Å². The molecule has 0 aliphatic carbocycles. The number of hydrogen-bond donors (Lipinski definition) is 0. The van der Waals surface area contributed by atoms with Gasteiger partial charge in [-0.15, -0.1) is 0 Å². The molecule has 0 spiro atoms. The molecule has 8 heteroatoms. The normalized spacial score (nSPS) is 19.3. The highest BCUT2D eigenvalue weighted by atomic mass is 32.2. The summed E-state index contributed by atoms with van der Waals surface area (Å²) in [7, 11) is 1.68. The number of methoxy groups -OCH3 is 1. The number of rotatable bonds is 3. The van der Waals surface area contributed by atoms with E-state index in [9.17, 15) is 9.59 Å². The van der Waals surface area contributed by atoms with Gasteiger partial charge < -0.3 is 14.5 Å². The van der Waals surface area contributed by atoms with E-state index in [0.717, 1.165) is 24.5 Å². The maximum atomic E-state index is 13.1. The zero-order chi connectivity index (χ0) is 19.7. The third-order valence-electron chi connectivity index (χ3n) is 5.37. The Morgan fingerprint density at radius 2 is 1.96 bits per heavy atom. The van der Waals surface area contributed by atoms with Crippen molar-refractivity contribution in [1.82, 2.24) is 14.5 Å². The number of aryl methyl sites for hydroxylation is 1. The van der Waals surface area contributed by atoms with Gasteiger partial charge in [0, 0.05) is 50.2 Å². The van der Waals surface area contributed by atoms with Crippen LogP contribution < -0.4 is 15.2 Å². The molecule has 1 saturated heterocycles. The molecule has 2 aromatic rings. The second kappa shape index (κ2) is 7.87. The van der Waals surface area contributed by atoms with Crippen LogP contribution in [-0.2, 0) is 11.3 Å². The standard InChI is InChI=1S/C20H24N4O3S/c1-14-11-21-20-24(18(14)25)12-15(13-28-20)19(26)23-9-7-22(8-10-23)16-5-3-4-6-17(16)27-2/h3-6,11,15H,7-10,12-13H2,1-2H3. The molecule has 148 valence electrons. The average molecular weight is 401 g/mol. The molecule has 1 aromatic heterocycles. The second-order valence-corrected chi connectivity index (χ2v) is 8.12. The van der Waals surface area contributed by atoms with E-state index in [2.05, 4.69) is 9.88 Å². The van der Waals surface area contributed by atoms with Gasteiger partial charge in [-0.25, -0.2) is 4.98 Å². The number of nitrogens with zero attached hydrogens (tertiary/aromatic N) is 4. The molecule has 4 rings (SSSR count). The Hall–Kier alpha value is -2.48. The average Bonchev–Trinajstić information content (AvgIpc) is 2.76. The van der Waals surface area contributed by atoms with Gasteiger partial charge in [0.15, 0.2) is 5.16 Å². The maximum absolute atomic E-state index is 13.1. The molecule has 2 aliphatic rings. The Kier molecular flexibility index (Phi) is 5.30. The number of piperazine rings is 1. The molecule has 1 aromatic carbocycles. The van der Waals surface area contributed by atoms with Crippen molar-refractivity contribution in [2.45, 2.75) is 18.6 Å². The fraction of sp³-hybridized carbons (Fsp3) is 0.450. The molecule has 7 nitrogen and oxygen atoms in total. The molecule has 0 radical (unpaired) electrons. The lowest BCUT2D eigenvalue weighted by Crippen LogP contribution is -2.52. The summed E-state index contributed by atoms with van der Waals surface area (Å²) in [6.45, 7) is 5.06. The number of aromatic nitrogens is 2. The van der Waals surface area contributed by atoms with Crippen molar-refractivity contribution >= 4 is 23.4 Å². The van der Waals surface area contributed by atoms with Gasteiger partial charge in [0.25, 0.3) is 5.56 Å². The number of hydrogen-bond acceptors (Lipinski definition) is 6. The van der Waals surface area contributed by atoms with Crippen molar-refractivity contribution in [2.24, 2.45) is 5.92 Å². The molecule has 3 heterocycles. The highest BCUT2D eigenvalue weighted by Gasteiger charge is 2.32. The fourth-order valence-electron chi connectivity index (χ4n) is 3.77. The summed E-state index contributed by atoms with van der Waals surface area (Å²) in [5.74, 6) is 1.47. The van der Waals surface area contributed by atoms with Crippen LogP contribution >= 0.6 is 11.8 Å². The molecule has 28 heavy (non-hydrogen) atoms. The maximum Gasteiger partial charge on any atom is 0.257 e. The van der Waals surface area contributed by atoms with Crippen molar-refractivity contribution in [3.05, 3.63) is 46.4 Å². The van der Waals surface area contributed by atoms with Gasteiger partial charge >= 0.3 is 0 Å². The molecule has 2 aliphatic heterocycles. The number of benzene rings is 1. The number of ether oxygens (including phenoxy) is 1. The van der Waals surface area contributed by atoms with Crippen LogP contribution in [0.1, 0.15) is 5.56 Å². The SMILES string of the molecule is COc1ccccc1N1CCN(C(=O)C2CSc3ncc(C)c(=O)n3C2)CC1. The topological polar surface area (TPSA) is 67.7 Å². The summed E-state index contributed by atoms with van der Waals surface area (Å²) >= 11 is 1.49. The Morgan fingerprint density at radius 3 is 2.71 bits per heavy atom. The lowest BCUT2D eigenvalue weighted by atomic mass is 10.1. The van der Waals surface area contributed by atoms with Gasteiger partial charge in [0.1, 0.15) is 5.75 Å². The lowest BCUT2D eigenvalue weighted by molar-refractivity contribution is -0.135. The molecular formula is C20H24N4O3S. The third-order valence-corrected chi connectivity index (χ3v) is 6.52. The summed E-state index contributed by atoms with van der Waals surface area (Å²) in [5, 5.41) is 0.709. The van der Waals surface area contributed by atoms with Crippen LogP contribution in [0.15, 0.2) is 40.4 Å². The molecule has 1 fully saturated rings. The minimum Gasteiger partial charge on any atom is -0.495 e. The van der Waals surface area contributed by atoms with Crippen LogP contribution in [-0.4, -0.2) is 59.4 Å². The number of fused-ring (bicyclic) bond motifs is 1. The van der Waals surface area contributed by atoms with Crippen molar-refractivity contribution in [1.29, 1.82) is 0 Å². The monoisotopic (exact) mass is 400 g/mol. The largest absolute Gasteiger partial charge is 0.495 e. The van der Waals surface area contributed by atoms with E-state index in [4.69, 9.17) is 4.74 Å². The Balaban J connectivity index is 1.42. The van der Waals surface area contributed by atoms with Gasteiger partial charge in [-0.05, 0) is 19.1 Å². The summed E-state index contributed by atoms with van der Waals surface area (Å²) in [5.41, 5.74) is 1.63.